The molecule has 2 aliphatic rings. The summed E-state index contributed by atoms with van der Waals surface area (Å²) in [5, 5.41) is 0. The maximum atomic E-state index is 11.5. The van der Waals surface area contributed by atoms with Crippen molar-refractivity contribution in [1.29, 1.82) is 0 Å². The first-order valence-electron chi connectivity index (χ1n) is 5.25. The molecule has 1 aromatic carbocycles. The van der Waals surface area contributed by atoms with E-state index in [4.69, 9.17) is 4.74 Å². The lowest BCUT2D eigenvalue weighted by atomic mass is 9.95. The van der Waals surface area contributed by atoms with Crippen molar-refractivity contribution in [3.63, 3.8) is 0 Å². The van der Waals surface area contributed by atoms with E-state index in [1.54, 1.807) is 0 Å². The van der Waals surface area contributed by atoms with Crippen LogP contribution in [0.5, 0.6) is 0 Å². The van der Waals surface area contributed by atoms with Crippen LogP contribution >= 0.6 is 15.9 Å². The molecule has 1 aromatic rings. The summed E-state index contributed by atoms with van der Waals surface area (Å²) in [5.41, 5.74) is 2.63. The number of hydrogen-bond donors (Lipinski definition) is 0. The fourth-order valence-corrected chi connectivity index (χ4v) is 3.47. The summed E-state index contributed by atoms with van der Waals surface area (Å²) in [6.45, 7) is 3.76. The van der Waals surface area contributed by atoms with Gasteiger partial charge in [-0.2, -0.15) is 0 Å². The second kappa shape index (κ2) is 3.20. The summed E-state index contributed by atoms with van der Waals surface area (Å²) in [4.78, 5) is 11.6. The molecule has 0 radical (unpaired) electrons. The minimum atomic E-state index is -0.433. The lowest BCUT2D eigenvalue weighted by molar-refractivity contribution is -0.145. The van der Waals surface area contributed by atoms with Crippen molar-refractivity contribution in [2.45, 2.75) is 23.3 Å². The molecule has 82 valence electrons. The van der Waals surface area contributed by atoms with Crippen LogP contribution in [0.15, 0.2) is 36.4 Å². The van der Waals surface area contributed by atoms with Gasteiger partial charge in [-0.25, -0.2) is 4.79 Å². The number of ether oxygens (including phenoxy) is 1. The summed E-state index contributed by atoms with van der Waals surface area (Å²) in [5.74, 6) is -0.253. The summed E-state index contributed by atoms with van der Waals surface area (Å²) in [6, 6.07) is 8.20. The van der Waals surface area contributed by atoms with E-state index in [-0.39, 0.29) is 10.8 Å². The van der Waals surface area contributed by atoms with Gasteiger partial charge in [0, 0.05) is 18.4 Å². The van der Waals surface area contributed by atoms with E-state index in [2.05, 4.69) is 34.6 Å². The average Bonchev–Trinajstić information content (AvgIpc) is 2.68. The van der Waals surface area contributed by atoms with Crippen molar-refractivity contribution in [2.75, 3.05) is 0 Å². The van der Waals surface area contributed by atoms with E-state index in [0.717, 1.165) is 6.42 Å². The Bertz CT molecular complexity index is 476. The number of halogens is 1. The summed E-state index contributed by atoms with van der Waals surface area (Å²) in [7, 11) is 0. The summed E-state index contributed by atoms with van der Waals surface area (Å²) < 4.78 is 5.53. The van der Waals surface area contributed by atoms with Crippen molar-refractivity contribution in [1.82, 2.24) is 0 Å². The second-order valence-electron chi connectivity index (χ2n) is 4.47. The number of carbonyl (C=O) groups excluding carboxylic acids is 1. The predicted molar refractivity (Wildman–Crippen MR) is 64.4 cm³/mol. The summed E-state index contributed by atoms with van der Waals surface area (Å²) >= 11 is 3.66. The monoisotopic (exact) mass is 278 g/mol. The van der Waals surface area contributed by atoms with Crippen molar-refractivity contribution < 1.29 is 9.53 Å². The highest BCUT2D eigenvalue weighted by atomic mass is 79.9. The second-order valence-corrected chi connectivity index (χ2v) is 5.39. The number of esters is 1. The van der Waals surface area contributed by atoms with Gasteiger partial charge < -0.3 is 4.74 Å². The highest BCUT2D eigenvalue weighted by molar-refractivity contribution is 9.09. The van der Waals surface area contributed by atoms with Crippen LogP contribution < -0.4 is 0 Å². The Labute approximate surface area is 102 Å². The molecule has 16 heavy (non-hydrogen) atoms. The molecular weight excluding hydrogens is 268 g/mol. The lowest BCUT2D eigenvalue weighted by Gasteiger charge is -2.25. The van der Waals surface area contributed by atoms with E-state index < -0.39 is 5.60 Å². The fourth-order valence-electron chi connectivity index (χ4n) is 2.60. The van der Waals surface area contributed by atoms with Gasteiger partial charge in [0.1, 0.15) is 5.60 Å². The molecule has 2 atom stereocenters. The quantitative estimate of drug-likeness (QED) is 0.414. The molecule has 1 aliphatic carbocycles. The SMILES string of the molecule is C=C1CC2(Cc3ccccc3C2Br)OC1=O. The van der Waals surface area contributed by atoms with E-state index in [1.807, 2.05) is 12.1 Å². The van der Waals surface area contributed by atoms with Gasteiger partial charge in [0.15, 0.2) is 0 Å². The molecular formula is C13H11BrO2. The minimum Gasteiger partial charge on any atom is -0.453 e. The number of rotatable bonds is 0. The largest absolute Gasteiger partial charge is 0.453 e. The van der Waals surface area contributed by atoms with Crippen LogP contribution in [-0.2, 0) is 16.0 Å². The van der Waals surface area contributed by atoms with Gasteiger partial charge in [-0.05, 0) is 11.1 Å². The van der Waals surface area contributed by atoms with Crippen LogP contribution in [0.3, 0.4) is 0 Å². The number of carbonyl (C=O) groups is 1. The van der Waals surface area contributed by atoms with Gasteiger partial charge in [0.25, 0.3) is 0 Å². The molecule has 3 heteroatoms. The van der Waals surface area contributed by atoms with Crippen molar-refractivity contribution >= 4 is 21.9 Å². The number of benzene rings is 1. The molecule has 1 fully saturated rings. The van der Waals surface area contributed by atoms with Gasteiger partial charge in [-0.3, -0.25) is 0 Å². The Morgan fingerprint density at radius 3 is 2.75 bits per heavy atom. The third-order valence-corrected chi connectivity index (χ3v) is 4.70. The highest BCUT2D eigenvalue weighted by Crippen LogP contribution is 2.52. The molecule has 0 N–H and O–H groups in total. The molecule has 1 aliphatic heterocycles. The molecule has 1 heterocycles. The normalized spacial score (nSPS) is 31.9. The van der Waals surface area contributed by atoms with Crippen molar-refractivity contribution in [2.24, 2.45) is 0 Å². The van der Waals surface area contributed by atoms with Gasteiger partial charge in [-0.15, -0.1) is 0 Å². The first-order valence-corrected chi connectivity index (χ1v) is 6.17. The third-order valence-electron chi connectivity index (χ3n) is 3.38. The molecule has 2 nitrogen and oxygen atoms in total. The zero-order chi connectivity index (χ0) is 11.3. The molecule has 0 amide bonds. The van der Waals surface area contributed by atoms with Gasteiger partial charge >= 0.3 is 5.97 Å². The smallest absolute Gasteiger partial charge is 0.334 e. The van der Waals surface area contributed by atoms with E-state index in [0.29, 0.717) is 12.0 Å². The maximum absolute atomic E-state index is 11.5. The van der Waals surface area contributed by atoms with Crippen molar-refractivity contribution in [3.8, 4) is 0 Å². The zero-order valence-corrected chi connectivity index (χ0v) is 10.3. The maximum Gasteiger partial charge on any atom is 0.334 e. The Kier molecular flexibility index (Phi) is 2.02. The molecule has 1 saturated heterocycles. The van der Waals surface area contributed by atoms with E-state index in [1.165, 1.54) is 11.1 Å². The number of hydrogen-bond acceptors (Lipinski definition) is 2. The van der Waals surface area contributed by atoms with Crippen LogP contribution in [-0.4, -0.2) is 11.6 Å². The Morgan fingerprint density at radius 2 is 2.12 bits per heavy atom. The molecule has 1 spiro atoms. The van der Waals surface area contributed by atoms with Crippen LogP contribution in [0.1, 0.15) is 22.4 Å². The first kappa shape index (κ1) is 10.1. The molecule has 0 saturated carbocycles. The summed E-state index contributed by atoms with van der Waals surface area (Å²) in [6.07, 6.45) is 1.40. The van der Waals surface area contributed by atoms with E-state index >= 15 is 0 Å². The van der Waals surface area contributed by atoms with Crippen LogP contribution in [0, 0.1) is 0 Å². The Hall–Kier alpha value is -1.09. The predicted octanol–water partition coefficient (Wildman–Crippen LogP) is 2.92. The fraction of sp³-hybridized carbons (Fsp3) is 0.308. The lowest BCUT2D eigenvalue weighted by Crippen LogP contribution is -2.30. The average molecular weight is 279 g/mol. The highest BCUT2D eigenvalue weighted by Gasteiger charge is 2.52. The standard InChI is InChI=1S/C13H11BrO2/c1-8-6-13(16-12(8)15)7-9-4-2-3-5-10(9)11(13)14/h2-5,11H,1,6-7H2. The zero-order valence-electron chi connectivity index (χ0n) is 8.70. The number of alkyl halides is 1. The van der Waals surface area contributed by atoms with Gasteiger partial charge in [-0.1, -0.05) is 46.8 Å². The molecule has 0 bridgehead atoms. The molecule has 0 aromatic heterocycles. The minimum absolute atomic E-state index is 0.0828. The van der Waals surface area contributed by atoms with Crippen LogP contribution in [0.4, 0.5) is 0 Å². The van der Waals surface area contributed by atoms with E-state index in [9.17, 15) is 4.79 Å². The Morgan fingerprint density at radius 1 is 1.38 bits per heavy atom. The number of fused-ring (bicyclic) bond motifs is 1. The molecule has 3 rings (SSSR count). The van der Waals surface area contributed by atoms with Crippen LogP contribution in [0.2, 0.25) is 0 Å². The van der Waals surface area contributed by atoms with Crippen molar-refractivity contribution in [3.05, 3.63) is 47.5 Å². The van der Waals surface area contributed by atoms with Gasteiger partial charge in [0.2, 0.25) is 0 Å². The molecule has 2 unspecified atom stereocenters. The Balaban J connectivity index is 2.04. The van der Waals surface area contributed by atoms with Crippen LogP contribution in [0.25, 0.3) is 0 Å². The first-order chi connectivity index (χ1) is 7.62. The third kappa shape index (κ3) is 1.21. The van der Waals surface area contributed by atoms with Gasteiger partial charge in [0.05, 0.1) is 4.83 Å². The topological polar surface area (TPSA) is 26.3 Å².